The Labute approximate surface area is 117 Å². The SMILES string of the molecule is CC(CC1CC1)Nc1cc2c(cc1Cl)NC(=O)CO2. The van der Waals surface area contributed by atoms with E-state index >= 15 is 0 Å². The molecule has 2 N–H and O–H groups in total. The molecule has 1 fully saturated rings. The lowest BCUT2D eigenvalue weighted by atomic mass is 10.1. The number of nitrogens with one attached hydrogen (secondary N) is 2. The first kappa shape index (κ1) is 12.6. The highest BCUT2D eigenvalue weighted by Gasteiger charge is 2.24. The van der Waals surface area contributed by atoms with Crippen LogP contribution >= 0.6 is 11.6 Å². The molecular weight excluding hydrogens is 264 g/mol. The molecule has 1 aliphatic carbocycles. The topological polar surface area (TPSA) is 50.4 Å². The van der Waals surface area contributed by atoms with E-state index in [1.165, 1.54) is 19.3 Å². The fourth-order valence-electron chi connectivity index (χ4n) is 2.39. The zero-order valence-corrected chi connectivity index (χ0v) is 11.6. The van der Waals surface area contributed by atoms with Crippen LogP contribution in [0.1, 0.15) is 26.2 Å². The van der Waals surface area contributed by atoms with Crippen molar-refractivity contribution in [3.05, 3.63) is 17.2 Å². The maximum atomic E-state index is 11.2. The number of ether oxygens (including phenoxy) is 1. The smallest absolute Gasteiger partial charge is 0.262 e. The van der Waals surface area contributed by atoms with E-state index in [1.54, 1.807) is 6.07 Å². The number of halogens is 1. The van der Waals surface area contributed by atoms with Crippen molar-refractivity contribution in [1.29, 1.82) is 0 Å². The van der Waals surface area contributed by atoms with Gasteiger partial charge in [0.2, 0.25) is 0 Å². The van der Waals surface area contributed by atoms with Crippen LogP contribution in [0, 0.1) is 5.92 Å². The van der Waals surface area contributed by atoms with Crippen LogP contribution in [0.15, 0.2) is 12.1 Å². The molecule has 4 nitrogen and oxygen atoms in total. The van der Waals surface area contributed by atoms with Crippen molar-refractivity contribution in [3.8, 4) is 5.75 Å². The Kier molecular flexibility index (Phi) is 3.27. The summed E-state index contributed by atoms with van der Waals surface area (Å²) in [4.78, 5) is 11.2. The molecule has 19 heavy (non-hydrogen) atoms. The second kappa shape index (κ2) is 4.93. The van der Waals surface area contributed by atoms with Crippen molar-refractivity contribution in [2.75, 3.05) is 17.2 Å². The first-order valence-corrected chi connectivity index (χ1v) is 7.02. The lowest BCUT2D eigenvalue weighted by Gasteiger charge is -2.21. The van der Waals surface area contributed by atoms with Crippen molar-refractivity contribution in [1.82, 2.24) is 0 Å². The number of hydrogen-bond acceptors (Lipinski definition) is 3. The molecule has 1 unspecified atom stereocenters. The summed E-state index contributed by atoms with van der Waals surface area (Å²) in [6, 6.07) is 3.99. The molecule has 1 saturated carbocycles. The van der Waals surface area contributed by atoms with Crippen LogP contribution in [0.25, 0.3) is 0 Å². The second-order valence-electron chi connectivity index (χ2n) is 5.39. The van der Waals surface area contributed by atoms with Gasteiger partial charge >= 0.3 is 0 Å². The maximum absolute atomic E-state index is 11.2. The van der Waals surface area contributed by atoms with Crippen molar-refractivity contribution in [3.63, 3.8) is 0 Å². The van der Waals surface area contributed by atoms with Gasteiger partial charge < -0.3 is 15.4 Å². The Morgan fingerprint density at radius 2 is 2.32 bits per heavy atom. The molecule has 1 aliphatic heterocycles. The van der Waals surface area contributed by atoms with Gasteiger partial charge in [-0.25, -0.2) is 0 Å². The quantitative estimate of drug-likeness (QED) is 0.890. The summed E-state index contributed by atoms with van der Waals surface area (Å²) in [5.74, 6) is 1.39. The molecule has 0 bridgehead atoms. The molecule has 1 aromatic rings. The number of rotatable bonds is 4. The highest BCUT2D eigenvalue weighted by molar-refractivity contribution is 6.33. The zero-order chi connectivity index (χ0) is 13.4. The summed E-state index contributed by atoms with van der Waals surface area (Å²) in [7, 11) is 0. The van der Waals surface area contributed by atoms with E-state index in [0.29, 0.717) is 22.5 Å². The standard InChI is InChI=1S/C14H17ClN2O2/c1-8(4-9-2-3-9)16-11-6-13-12(5-10(11)15)17-14(18)7-19-13/h5-6,8-9,16H,2-4,7H2,1H3,(H,17,18). The average molecular weight is 281 g/mol. The molecule has 1 atom stereocenters. The van der Waals surface area contributed by atoms with Gasteiger partial charge in [-0.3, -0.25) is 4.79 Å². The molecule has 0 saturated heterocycles. The lowest BCUT2D eigenvalue weighted by Crippen LogP contribution is -2.25. The Morgan fingerprint density at radius 1 is 1.53 bits per heavy atom. The summed E-state index contributed by atoms with van der Waals surface area (Å²) in [5.41, 5.74) is 1.51. The van der Waals surface area contributed by atoms with E-state index in [4.69, 9.17) is 16.3 Å². The van der Waals surface area contributed by atoms with Crippen LogP contribution in [-0.2, 0) is 4.79 Å². The third-order valence-electron chi connectivity index (χ3n) is 3.49. The van der Waals surface area contributed by atoms with Crippen LogP contribution in [0.3, 0.4) is 0 Å². The van der Waals surface area contributed by atoms with E-state index in [9.17, 15) is 4.79 Å². The predicted molar refractivity (Wildman–Crippen MR) is 76.0 cm³/mol. The van der Waals surface area contributed by atoms with Gasteiger partial charge in [0, 0.05) is 12.1 Å². The minimum atomic E-state index is -0.147. The fraction of sp³-hybridized carbons (Fsp3) is 0.500. The van der Waals surface area contributed by atoms with Crippen molar-refractivity contribution < 1.29 is 9.53 Å². The molecule has 1 aromatic carbocycles. The average Bonchev–Trinajstić information content (AvgIpc) is 3.14. The van der Waals surface area contributed by atoms with E-state index in [1.807, 2.05) is 6.07 Å². The number of amides is 1. The minimum Gasteiger partial charge on any atom is -0.482 e. The fourth-order valence-corrected chi connectivity index (χ4v) is 2.61. The van der Waals surface area contributed by atoms with Crippen molar-refractivity contribution >= 4 is 28.9 Å². The van der Waals surface area contributed by atoms with Gasteiger partial charge in [0.05, 0.1) is 16.4 Å². The molecular formula is C14H17ClN2O2. The van der Waals surface area contributed by atoms with Crippen LogP contribution in [0.2, 0.25) is 5.02 Å². The Hall–Kier alpha value is -1.42. The van der Waals surface area contributed by atoms with Crippen LogP contribution in [0.5, 0.6) is 5.75 Å². The van der Waals surface area contributed by atoms with Gasteiger partial charge in [-0.05, 0) is 25.3 Å². The molecule has 0 radical (unpaired) electrons. The highest BCUT2D eigenvalue weighted by Crippen LogP contribution is 2.38. The molecule has 2 aliphatic rings. The Morgan fingerprint density at radius 3 is 3.05 bits per heavy atom. The largest absolute Gasteiger partial charge is 0.482 e. The maximum Gasteiger partial charge on any atom is 0.262 e. The van der Waals surface area contributed by atoms with Crippen LogP contribution in [-0.4, -0.2) is 18.6 Å². The predicted octanol–water partition coefficient (Wildman–Crippen LogP) is 3.27. The van der Waals surface area contributed by atoms with Gasteiger partial charge in [-0.15, -0.1) is 0 Å². The highest BCUT2D eigenvalue weighted by atomic mass is 35.5. The Balaban J connectivity index is 1.75. The van der Waals surface area contributed by atoms with E-state index < -0.39 is 0 Å². The molecule has 0 spiro atoms. The number of anilines is 2. The third-order valence-corrected chi connectivity index (χ3v) is 3.80. The first-order valence-electron chi connectivity index (χ1n) is 6.64. The normalized spacial score (nSPS) is 19.2. The second-order valence-corrected chi connectivity index (χ2v) is 5.80. The number of benzene rings is 1. The number of carbonyl (C=O) groups excluding carboxylic acids is 1. The molecule has 5 heteroatoms. The molecule has 0 aromatic heterocycles. The van der Waals surface area contributed by atoms with Crippen molar-refractivity contribution in [2.45, 2.75) is 32.2 Å². The number of hydrogen-bond donors (Lipinski definition) is 2. The summed E-state index contributed by atoms with van der Waals surface area (Å²) in [6.07, 6.45) is 3.86. The van der Waals surface area contributed by atoms with E-state index in [0.717, 1.165) is 11.6 Å². The van der Waals surface area contributed by atoms with E-state index in [2.05, 4.69) is 17.6 Å². The summed E-state index contributed by atoms with van der Waals surface area (Å²) in [5, 5.41) is 6.77. The van der Waals surface area contributed by atoms with E-state index in [-0.39, 0.29) is 12.5 Å². The van der Waals surface area contributed by atoms with Gasteiger partial charge in [-0.2, -0.15) is 0 Å². The third kappa shape index (κ3) is 2.95. The molecule has 1 amide bonds. The van der Waals surface area contributed by atoms with Gasteiger partial charge in [0.25, 0.3) is 5.91 Å². The molecule has 3 rings (SSSR count). The van der Waals surface area contributed by atoms with Gasteiger partial charge in [0.15, 0.2) is 6.61 Å². The van der Waals surface area contributed by atoms with Gasteiger partial charge in [-0.1, -0.05) is 24.4 Å². The summed E-state index contributed by atoms with van der Waals surface area (Å²) < 4.78 is 5.40. The Bertz CT molecular complexity index is 514. The van der Waals surface area contributed by atoms with Gasteiger partial charge in [0.1, 0.15) is 5.75 Å². The van der Waals surface area contributed by atoms with Crippen LogP contribution in [0.4, 0.5) is 11.4 Å². The summed E-state index contributed by atoms with van der Waals surface area (Å²) >= 11 is 6.24. The first-order chi connectivity index (χ1) is 9.11. The number of fused-ring (bicyclic) bond motifs is 1. The minimum absolute atomic E-state index is 0.0612. The molecule has 1 heterocycles. The van der Waals surface area contributed by atoms with Crippen molar-refractivity contribution in [2.24, 2.45) is 5.92 Å². The lowest BCUT2D eigenvalue weighted by molar-refractivity contribution is -0.118. The number of carbonyl (C=O) groups is 1. The summed E-state index contributed by atoms with van der Waals surface area (Å²) in [6.45, 7) is 2.22. The molecule has 102 valence electrons. The zero-order valence-electron chi connectivity index (χ0n) is 10.8. The van der Waals surface area contributed by atoms with Crippen LogP contribution < -0.4 is 15.4 Å². The monoisotopic (exact) mass is 280 g/mol.